The third-order valence-electron chi connectivity index (χ3n) is 3.71. The number of hydrogen-bond donors (Lipinski definition) is 2. The maximum Gasteiger partial charge on any atom is 0.335 e. The van der Waals surface area contributed by atoms with E-state index in [1.807, 2.05) is 4.90 Å². The van der Waals surface area contributed by atoms with Gasteiger partial charge in [-0.3, -0.25) is 0 Å². The van der Waals surface area contributed by atoms with Crippen molar-refractivity contribution in [2.45, 2.75) is 25.3 Å². The number of benzene rings is 1. The highest BCUT2D eigenvalue weighted by Crippen LogP contribution is 2.28. The Hall–Kier alpha value is -2.08. The molecule has 0 amide bonds. The molecule has 1 unspecified atom stereocenters. The summed E-state index contributed by atoms with van der Waals surface area (Å²) in [6, 6.07) is 5.11. The van der Waals surface area contributed by atoms with E-state index in [1.165, 1.54) is 12.1 Å². The molecule has 1 aromatic carbocycles. The molecule has 0 aliphatic carbocycles. The molecule has 106 valence electrons. The third-order valence-corrected chi connectivity index (χ3v) is 3.71. The molecule has 0 spiro atoms. The maximum atomic E-state index is 10.9. The van der Waals surface area contributed by atoms with Crippen LogP contribution in [0.15, 0.2) is 22.6 Å². The molecule has 1 saturated heterocycles. The van der Waals surface area contributed by atoms with Crippen molar-refractivity contribution < 1.29 is 19.4 Å². The third kappa shape index (κ3) is 2.22. The number of carbonyl (C=O) groups is 1. The smallest absolute Gasteiger partial charge is 0.335 e. The summed E-state index contributed by atoms with van der Waals surface area (Å²) in [4.78, 5) is 17.3. The number of nitrogens with zero attached hydrogens (tertiary/aromatic N) is 2. The molecule has 3 rings (SSSR count). The SMILES string of the molecule is O=C(O)c1ccc2nc(N3CCCCC3CO)oc2c1. The summed E-state index contributed by atoms with van der Waals surface area (Å²) in [6.45, 7) is 0.864. The van der Waals surface area contributed by atoms with Gasteiger partial charge in [-0.2, -0.15) is 4.98 Å². The van der Waals surface area contributed by atoms with Gasteiger partial charge >= 0.3 is 5.97 Å². The van der Waals surface area contributed by atoms with Crippen molar-refractivity contribution >= 4 is 23.1 Å². The Kier molecular flexibility index (Phi) is 3.31. The fraction of sp³-hybridized carbons (Fsp3) is 0.429. The fourth-order valence-corrected chi connectivity index (χ4v) is 2.61. The molecule has 1 aliphatic rings. The van der Waals surface area contributed by atoms with Crippen LogP contribution >= 0.6 is 0 Å². The summed E-state index contributed by atoms with van der Waals surface area (Å²) in [5, 5.41) is 18.4. The Morgan fingerprint density at radius 2 is 2.30 bits per heavy atom. The van der Waals surface area contributed by atoms with Gasteiger partial charge in [-0.25, -0.2) is 4.79 Å². The lowest BCUT2D eigenvalue weighted by atomic mass is 10.0. The van der Waals surface area contributed by atoms with Crippen molar-refractivity contribution in [1.29, 1.82) is 0 Å². The molecule has 1 atom stereocenters. The minimum atomic E-state index is -0.990. The minimum absolute atomic E-state index is 0.0238. The van der Waals surface area contributed by atoms with Gasteiger partial charge in [0.2, 0.25) is 0 Å². The van der Waals surface area contributed by atoms with Gasteiger partial charge in [0, 0.05) is 6.54 Å². The summed E-state index contributed by atoms with van der Waals surface area (Å²) in [7, 11) is 0. The van der Waals surface area contributed by atoms with Gasteiger partial charge in [0.25, 0.3) is 6.01 Å². The standard InChI is InChI=1S/C14H16N2O4/c17-8-10-3-1-2-6-16(10)14-15-11-5-4-9(13(18)19)7-12(11)20-14/h4-5,7,10,17H,1-3,6,8H2,(H,18,19). The molecule has 2 N–H and O–H groups in total. The Morgan fingerprint density at radius 3 is 3.05 bits per heavy atom. The van der Waals surface area contributed by atoms with Crippen LogP contribution < -0.4 is 4.90 Å². The van der Waals surface area contributed by atoms with Crippen LogP contribution in [-0.2, 0) is 0 Å². The molecule has 6 heteroatoms. The second-order valence-corrected chi connectivity index (χ2v) is 5.01. The molecule has 0 bridgehead atoms. The molecular weight excluding hydrogens is 260 g/mol. The number of fused-ring (bicyclic) bond motifs is 1. The van der Waals surface area contributed by atoms with E-state index in [9.17, 15) is 9.90 Å². The Bertz CT molecular complexity index is 637. The average Bonchev–Trinajstić information content (AvgIpc) is 2.89. The maximum absolute atomic E-state index is 10.9. The van der Waals surface area contributed by atoms with E-state index in [4.69, 9.17) is 9.52 Å². The Balaban J connectivity index is 1.97. The highest BCUT2D eigenvalue weighted by atomic mass is 16.4. The van der Waals surface area contributed by atoms with Crippen LogP contribution in [-0.4, -0.2) is 40.4 Å². The van der Waals surface area contributed by atoms with Crippen molar-refractivity contribution in [1.82, 2.24) is 4.98 Å². The van der Waals surface area contributed by atoms with E-state index >= 15 is 0 Å². The van der Waals surface area contributed by atoms with E-state index < -0.39 is 5.97 Å². The minimum Gasteiger partial charge on any atom is -0.478 e. The average molecular weight is 276 g/mol. The lowest BCUT2D eigenvalue weighted by molar-refractivity contribution is 0.0697. The number of carboxylic acid groups (broad SMARTS) is 1. The number of aliphatic hydroxyl groups is 1. The summed E-state index contributed by atoms with van der Waals surface area (Å²) < 4.78 is 5.67. The summed E-state index contributed by atoms with van der Waals surface area (Å²) >= 11 is 0. The number of aromatic carboxylic acids is 1. The molecule has 20 heavy (non-hydrogen) atoms. The van der Waals surface area contributed by atoms with Crippen LogP contribution in [0.4, 0.5) is 6.01 Å². The number of aromatic nitrogens is 1. The number of anilines is 1. The largest absolute Gasteiger partial charge is 0.478 e. The van der Waals surface area contributed by atoms with Crippen molar-refractivity contribution in [3.63, 3.8) is 0 Å². The second kappa shape index (κ2) is 5.13. The molecule has 2 aromatic rings. The predicted octanol–water partition coefficient (Wildman–Crippen LogP) is 1.88. The quantitative estimate of drug-likeness (QED) is 0.890. The zero-order chi connectivity index (χ0) is 14.1. The van der Waals surface area contributed by atoms with E-state index in [-0.39, 0.29) is 18.2 Å². The van der Waals surface area contributed by atoms with Gasteiger partial charge in [-0.15, -0.1) is 0 Å². The lowest BCUT2D eigenvalue weighted by Gasteiger charge is -2.33. The van der Waals surface area contributed by atoms with Crippen molar-refractivity contribution in [3.8, 4) is 0 Å². The molecule has 1 aromatic heterocycles. The lowest BCUT2D eigenvalue weighted by Crippen LogP contribution is -2.42. The van der Waals surface area contributed by atoms with Crippen molar-refractivity contribution in [3.05, 3.63) is 23.8 Å². The molecule has 2 heterocycles. The molecule has 0 radical (unpaired) electrons. The van der Waals surface area contributed by atoms with Crippen LogP contribution in [0.3, 0.4) is 0 Å². The van der Waals surface area contributed by atoms with Gasteiger partial charge in [0.15, 0.2) is 5.58 Å². The van der Waals surface area contributed by atoms with E-state index in [2.05, 4.69) is 4.98 Å². The highest BCUT2D eigenvalue weighted by molar-refractivity contribution is 5.92. The molecule has 1 fully saturated rings. The first-order chi connectivity index (χ1) is 9.69. The first-order valence-corrected chi connectivity index (χ1v) is 6.70. The first-order valence-electron chi connectivity index (χ1n) is 6.70. The number of oxazole rings is 1. The number of carboxylic acids is 1. The fourth-order valence-electron chi connectivity index (χ4n) is 2.61. The zero-order valence-electron chi connectivity index (χ0n) is 11.0. The van der Waals surface area contributed by atoms with Crippen LogP contribution in [0.1, 0.15) is 29.6 Å². The monoisotopic (exact) mass is 276 g/mol. The van der Waals surface area contributed by atoms with Crippen molar-refractivity contribution in [2.75, 3.05) is 18.1 Å². The number of hydrogen-bond acceptors (Lipinski definition) is 5. The summed E-state index contributed by atoms with van der Waals surface area (Å²) in [5.74, 6) is -0.990. The van der Waals surface area contributed by atoms with Gasteiger partial charge in [0.1, 0.15) is 5.52 Å². The number of piperidine rings is 1. The van der Waals surface area contributed by atoms with Crippen LogP contribution in [0.25, 0.3) is 11.1 Å². The van der Waals surface area contributed by atoms with Gasteiger partial charge in [0.05, 0.1) is 18.2 Å². The van der Waals surface area contributed by atoms with Gasteiger partial charge in [-0.1, -0.05) is 0 Å². The van der Waals surface area contributed by atoms with Gasteiger partial charge < -0.3 is 19.5 Å². The van der Waals surface area contributed by atoms with E-state index in [0.717, 1.165) is 25.8 Å². The van der Waals surface area contributed by atoms with Crippen LogP contribution in [0.2, 0.25) is 0 Å². The molecule has 0 saturated carbocycles. The molecular formula is C14H16N2O4. The predicted molar refractivity (Wildman–Crippen MR) is 73.0 cm³/mol. The normalized spacial score (nSPS) is 19.4. The molecule has 6 nitrogen and oxygen atoms in total. The second-order valence-electron chi connectivity index (χ2n) is 5.01. The first kappa shape index (κ1) is 12.9. The number of rotatable bonds is 3. The Morgan fingerprint density at radius 1 is 1.45 bits per heavy atom. The van der Waals surface area contributed by atoms with E-state index in [0.29, 0.717) is 17.1 Å². The van der Waals surface area contributed by atoms with Crippen LogP contribution in [0.5, 0.6) is 0 Å². The highest BCUT2D eigenvalue weighted by Gasteiger charge is 2.25. The molecule has 1 aliphatic heterocycles. The van der Waals surface area contributed by atoms with Crippen LogP contribution in [0, 0.1) is 0 Å². The van der Waals surface area contributed by atoms with Crippen molar-refractivity contribution in [2.24, 2.45) is 0 Å². The van der Waals surface area contributed by atoms with Gasteiger partial charge in [-0.05, 0) is 37.5 Å². The number of aliphatic hydroxyl groups excluding tert-OH is 1. The Labute approximate surface area is 115 Å². The summed E-state index contributed by atoms with van der Waals surface area (Å²) in [6.07, 6.45) is 3.04. The topological polar surface area (TPSA) is 86.8 Å². The van der Waals surface area contributed by atoms with E-state index in [1.54, 1.807) is 6.07 Å². The zero-order valence-corrected chi connectivity index (χ0v) is 11.0. The summed E-state index contributed by atoms with van der Waals surface area (Å²) in [5.41, 5.74) is 1.27.